The van der Waals surface area contributed by atoms with Crippen LogP contribution in [-0.2, 0) is 4.74 Å². The number of nitrogens with zero attached hydrogens (tertiary/aromatic N) is 1. The Morgan fingerprint density at radius 3 is 2.52 bits per heavy atom. The molecule has 1 heterocycles. The molecular formula is C18H28N2O3. The van der Waals surface area contributed by atoms with E-state index in [1.54, 1.807) is 12.0 Å². The molecule has 0 radical (unpaired) electrons. The first-order valence-corrected chi connectivity index (χ1v) is 8.16. The smallest absolute Gasteiger partial charge is 0.410 e. The molecule has 0 bridgehead atoms. The molecule has 0 aromatic heterocycles. The summed E-state index contributed by atoms with van der Waals surface area (Å²) in [4.78, 5) is 13.9. The molecule has 23 heavy (non-hydrogen) atoms. The molecular weight excluding hydrogens is 292 g/mol. The molecule has 1 amide bonds. The van der Waals surface area contributed by atoms with E-state index in [-0.39, 0.29) is 12.1 Å². The number of amides is 1. The first kappa shape index (κ1) is 17.6. The molecule has 0 spiro atoms. The van der Waals surface area contributed by atoms with Crippen LogP contribution in [0.2, 0.25) is 0 Å². The van der Waals surface area contributed by atoms with Crippen LogP contribution < -0.4 is 10.1 Å². The Labute approximate surface area is 139 Å². The average molecular weight is 320 g/mol. The first-order valence-electron chi connectivity index (χ1n) is 8.16. The fraction of sp³-hybridized carbons (Fsp3) is 0.611. The molecule has 1 aliphatic rings. The van der Waals surface area contributed by atoms with Crippen molar-refractivity contribution in [2.24, 2.45) is 0 Å². The number of methoxy groups -OCH3 is 1. The number of carbonyl (C=O) groups excluding carboxylic acids is 1. The zero-order valence-corrected chi connectivity index (χ0v) is 14.8. The molecule has 1 aromatic rings. The fourth-order valence-corrected chi connectivity index (χ4v) is 2.73. The van der Waals surface area contributed by atoms with Gasteiger partial charge in [0.25, 0.3) is 0 Å². The highest BCUT2D eigenvalue weighted by Gasteiger charge is 2.30. The van der Waals surface area contributed by atoms with E-state index in [9.17, 15) is 4.79 Å². The lowest BCUT2D eigenvalue weighted by molar-refractivity contribution is 0.0290. The van der Waals surface area contributed by atoms with Crippen molar-refractivity contribution in [2.45, 2.75) is 51.8 Å². The fourth-order valence-electron chi connectivity index (χ4n) is 2.73. The summed E-state index contributed by atoms with van der Waals surface area (Å²) in [5.41, 5.74) is 0.764. The van der Waals surface area contributed by atoms with E-state index in [1.165, 1.54) is 5.56 Å². The van der Waals surface area contributed by atoms with Gasteiger partial charge in [0, 0.05) is 25.2 Å². The summed E-state index contributed by atoms with van der Waals surface area (Å²) in [7, 11) is 1.67. The normalized spacial score (nSPS) is 19.5. The Bertz CT molecular complexity index is 522. The minimum atomic E-state index is -0.445. The van der Waals surface area contributed by atoms with Crippen molar-refractivity contribution in [2.75, 3.05) is 20.2 Å². The van der Waals surface area contributed by atoms with Gasteiger partial charge in [-0.2, -0.15) is 0 Å². The first-order chi connectivity index (χ1) is 10.8. The molecule has 128 valence electrons. The Morgan fingerprint density at radius 2 is 1.96 bits per heavy atom. The maximum Gasteiger partial charge on any atom is 0.410 e. The standard InChI is InChI=1S/C18H28N2O3/c1-13(14-6-8-16(22-5)9-7-14)19-15-10-11-20(12-15)17(21)23-18(2,3)4/h6-9,13,15,19H,10-12H2,1-5H3/t13-,15?/m0/s1. The zero-order valence-electron chi connectivity index (χ0n) is 14.8. The van der Waals surface area contributed by atoms with Crippen molar-refractivity contribution in [1.82, 2.24) is 10.2 Å². The summed E-state index contributed by atoms with van der Waals surface area (Å²) in [5.74, 6) is 0.859. The topological polar surface area (TPSA) is 50.8 Å². The van der Waals surface area contributed by atoms with Crippen LogP contribution in [0.25, 0.3) is 0 Å². The highest BCUT2D eigenvalue weighted by atomic mass is 16.6. The van der Waals surface area contributed by atoms with Crippen molar-refractivity contribution in [3.63, 3.8) is 0 Å². The van der Waals surface area contributed by atoms with Crippen LogP contribution in [0.5, 0.6) is 5.75 Å². The largest absolute Gasteiger partial charge is 0.497 e. The van der Waals surface area contributed by atoms with E-state index < -0.39 is 5.60 Å². The van der Waals surface area contributed by atoms with E-state index in [0.29, 0.717) is 12.6 Å². The zero-order chi connectivity index (χ0) is 17.0. The molecule has 0 saturated carbocycles. The summed E-state index contributed by atoms with van der Waals surface area (Å²) >= 11 is 0. The number of ether oxygens (including phenoxy) is 2. The molecule has 5 nitrogen and oxygen atoms in total. The molecule has 1 saturated heterocycles. The van der Waals surface area contributed by atoms with Gasteiger partial charge in [0.05, 0.1) is 7.11 Å². The third kappa shape index (κ3) is 5.13. The van der Waals surface area contributed by atoms with E-state index in [2.05, 4.69) is 24.4 Å². The molecule has 1 unspecified atom stereocenters. The monoisotopic (exact) mass is 320 g/mol. The van der Waals surface area contributed by atoms with Gasteiger partial charge < -0.3 is 19.7 Å². The lowest BCUT2D eigenvalue weighted by atomic mass is 10.1. The lowest BCUT2D eigenvalue weighted by Crippen LogP contribution is -2.39. The predicted molar refractivity (Wildman–Crippen MR) is 90.8 cm³/mol. The number of nitrogens with one attached hydrogen (secondary N) is 1. The molecule has 0 aliphatic carbocycles. The third-order valence-corrected chi connectivity index (χ3v) is 3.94. The molecule has 1 aliphatic heterocycles. The second-order valence-electron chi connectivity index (χ2n) is 7.07. The maximum atomic E-state index is 12.1. The number of benzene rings is 1. The lowest BCUT2D eigenvalue weighted by Gasteiger charge is -2.25. The van der Waals surface area contributed by atoms with Gasteiger partial charge in [-0.3, -0.25) is 0 Å². The summed E-state index contributed by atoms with van der Waals surface area (Å²) in [6.45, 7) is 9.24. The van der Waals surface area contributed by atoms with Crippen LogP contribution in [0, 0.1) is 0 Å². The summed E-state index contributed by atoms with van der Waals surface area (Å²) in [5, 5.41) is 3.59. The van der Waals surface area contributed by atoms with Gasteiger partial charge in [-0.1, -0.05) is 12.1 Å². The number of likely N-dealkylation sites (tertiary alicyclic amines) is 1. The van der Waals surface area contributed by atoms with E-state index in [0.717, 1.165) is 18.7 Å². The van der Waals surface area contributed by atoms with Crippen molar-refractivity contribution in [1.29, 1.82) is 0 Å². The van der Waals surface area contributed by atoms with Crippen LogP contribution in [0.15, 0.2) is 24.3 Å². The van der Waals surface area contributed by atoms with Gasteiger partial charge in [-0.25, -0.2) is 4.79 Å². The van der Waals surface area contributed by atoms with E-state index in [4.69, 9.17) is 9.47 Å². The van der Waals surface area contributed by atoms with Crippen molar-refractivity contribution in [3.05, 3.63) is 29.8 Å². The Morgan fingerprint density at radius 1 is 1.30 bits per heavy atom. The summed E-state index contributed by atoms with van der Waals surface area (Å²) < 4.78 is 10.6. The van der Waals surface area contributed by atoms with Crippen LogP contribution in [0.3, 0.4) is 0 Å². The van der Waals surface area contributed by atoms with E-state index >= 15 is 0 Å². The van der Waals surface area contributed by atoms with Gasteiger partial charge in [0.2, 0.25) is 0 Å². The molecule has 5 heteroatoms. The van der Waals surface area contributed by atoms with E-state index in [1.807, 2.05) is 32.9 Å². The highest BCUT2D eigenvalue weighted by Crippen LogP contribution is 2.21. The SMILES string of the molecule is COc1ccc([C@H](C)NC2CCN(C(=O)OC(C)(C)C)C2)cc1. The second-order valence-corrected chi connectivity index (χ2v) is 7.07. The molecule has 1 fully saturated rings. The Hall–Kier alpha value is -1.75. The van der Waals surface area contributed by atoms with Crippen LogP contribution in [-0.4, -0.2) is 42.8 Å². The third-order valence-electron chi connectivity index (χ3n) is 3.94. The van der Waals surface area contributed by atoms with Crippen LogP contribution in [0.1, 0.15) is 45.7 Å². The van der Waals surface area contributed by atoms with Crippen LogP contribution in [0.4, 0.5) is 4.79 Å². The van der Waals surface area contributed by atoms with Gasteiger partial charge >= 0.3 is 6.09 Å². The van der Waals surface area contributed by atoms with Crippen molar-refractivity contribution < 1.29 is 14.3 Å². The minimum absolute atomic E-state index is 0.223. The summed E-state index contributed by atoms with van der Waals surface area (Å²) in [6, 6.07) is 8.59. The number of rotatable bonds is 4. The minimum Gasteiger partial charge on any atom is -0.497 e. The van der Waals surface area contributed by atoms with Gasteiger partial charge in [-0.05, 0) is 51.8 Å². The highest BCUT2D eigenvalue weighted by molar-refractivity contribution is 5.68. The molecule has 1 N–H and O–H groups in total. The number of hydrogen-bond donors (Lipinski definition) is 1. The Kier molecular flexibility index (Phi) is 5.52. The number of carbonyl (C=O) groups is 1. The number of hydrogen-bond acceptors (Lipinski definition) is 4. The molecule has 1 aromatic carbocycles. The molecule has 2 rings (SSSR count). The second kappa shape index (κ2) is 7.21. The van der Waals surface area contributed by atoms with Crippen LogP contribution >= 0.6 is 0 Å². The van der Waals surface area contributed by atoms with Gasteiger partial charge in [-0.15, -0.1) is 0 Å². The quantitative estimate of drug-likeness (QED) is 0.924. The van der Waals surface area contributed by atoms with Crippen molar-refractivity contribution in [3.8, 4) is 5.75 Å². The average Bonchev–Trinajstić information content (AvgIpc) is 2.94. The molecule has 2 atom stereocenters. The summed E-state index contributed by atoms with van der Waals surface area (Å²) in [6.07, 6.45) is 0.721. The van der Waals surface area contributed by atoms with Gasteiger partial charge in [0.1, 0.15) is 11.4 Å². The Balaban J connectivity index is 1.85. The van der Waals surface area contributed by atoms with Gasteiger partial charge in [0.15, 0.2) is 0 Å². The maximum absolute atomic E-state index is 12.1. The van der Waals surface area contributed by atoms with Crippen molar-refractivity contribution >= 4 is 6.09 Å². The predicted octanol–water partition coefficient (Wildman–Crippen LogP) is 3.36.